The number of hydrogen-bond donors (Lipinski definition) is 4. The van der Waals surface area contributed by atoms with Crippen LogP contribution in [0.4, 0.5) is 0 Å². The van der Waals surface area contributed by atoms with Crippen LogP contribution >= 0.6 is 0 Å². The number of para-hydroxylation sites is 1. The summed E-state index contributed by atoms with van der Waals surface area (Å²) in [5.41, 5.74) is 3.62. The Labute approximate surface area is 267 Å². The number of nitrogens with one attached hydrogen (secondary N) is 4. The molecule has 1 aromatic heterocycles. The number of aromatic amines is 1. The smallest absolute Gasteiger partial charge is 0.240 e. The van der Waals surface area contributed by atoms with Gasteiger partial charge in [0.15, 0.2) is 0 Å². The summed E-state index contributed by atoms with van der Waals surface area (Å²) in [5, 5.41) is 11.6. The van der Waals surface area contributed by atoms with Gasteiger partial charge in [-0.25, -0.2) is 0 Å². The van der Waals surface area contributed by atoms with Gasteiger partial charge in [0.05, 0.1) is 6.04 Å². The number of likely N-dealkylation sites (tertiary alicyclic amines) is 1. The van der Waals surface area contributed by atoms with E-state index in [4.69, 9.17) is 0 Å². The summed E-state index contributed by atoms with van der Waals surface area (Å²) < 4.78 is 0. The van der Waals surface area contributed by atoms with Crippen molar-refractivity contribution in [3.63, 3.8) is 0 Å². The molecule has 3 aromatic carbocycles. The van der Waals surface area contributed by atoms with Crippen LogP contribution in [0.5, 0.6) is 0 Å². The van der Waals surface area contributed by atoms with Crippen molar-refractivity contribution in [2.45, 2.75) is 74.9 Å². The number of amides is 2. The molecule has 1 aliphatic heterocycles. The van der Waals surface area contributed by atoms with Gasteiger partial charge >= 0.3 is 0 Å². The number of aromatic nitrogens is 1. The molecule has 0 spiro atoms. The van der Waals surface area contributed by atoms with Crippen molar-refractivity contribution in [1.82, 2.24) is 25.8 Å². The molecule has 1 aliphatic carbocycles. The van der Waals surface area contributed by atoms with Crippen LogP contribution < -0.4 is 16.0 Å². The maximum atomic E-state index is 14.3. The molecule has 1 saturated heterocycles. The van der Waals surface area contributed by atoms with Crippen molar-refractivity contribution in [2.24, 2.45) is 0 Å². The van der Waals surface area contributed by atoms with E-state index >= 15 is 0 Å². The normalized spacial score (nSPS) is 18.1. The summed E-state index contributed by atoms with van der Waals surface area (Å²) in [7, 11) is 2.10. The van der Waals surface area contributed by atoms with Gasteiger partial charge in [-0.15, -0.1) is 0 Å². The lowest BCUT2D eigenvalue weighted by Gasteiger charge is -2.43. The number of carbonyl (C=O) groups is 2. The van der Waals surface area contributed by atoms with Crippen LogP contribution in [0.3, 0.4) is 0 Å². The molecule has 45 heavy (non-hydrogen) atoms. The topological polar surface area (TPSA) is 89.3 Å². The molecular weight excluding hydrogens is 558 g/mol. The molecule has 2 amide bonds. The quantitative estimate of drug-likeness (QED) is 0.181. The molecule has 2 fully saturated rings. The molecule has 0 unspecified atom stereocenters. The Morgan fingerprint density at radius 2 is 1.49 bits per heavy atom. The Balaban J connectivity index is 1.28. The first-order valence-electron chi connectivity index (χ1n) is 16.7. The third-order valence-corrected chi connectivity index (χ3v) is 9.97. The molecule has 1 saturated carbocycles. The Kier molecular flexibility index (Phi) is 9.97. The van der Waals surface area contributed by atoms with Crippen molar-refractivity contribution >= 4 is 22.7 Å². The molecule has 0 radical (unpaired) electrons. The zero-order valence-corrected chi connectivity index (χ0v) is 26.4. The third-order valence-electron chi connectivity index (χ3n) is 9.97. The van der Waals surface area contributed by atoms with Gasteiger partial charge in [0.25, 0.3) is 0 Å². The van der Waals surface area contributed by atoms with E-state index in [0.717, 1.165) is 66.4 Å². The SMILES string of the molecule is CN1CCC(N[C@@H](Cc2c[nH]c3ccccc23)C(=O)NCC(c2ccccc2)c2ccccc2)(C(=O)NC2CCCCC2)CC1. The second-order valence-electron chi connectivity index (χ2n) is 13.1. The highest BCUT2D eigenvalue weighted by molar-refractivity contribution is 5.90. The van der Waals surface area contributed by atoms with Gasteiger partial charge in [-0.05, 0) is 61.9 Å². The van der Waals surface area contributed by atoms with E-state index in [1.807, 2.05) is 54.7 Å². The first-order valence-corrected chi connectivity index (χ1v) is 16.7. The average Bonchev–Trinajstić information content (AvgIpc) is 3.49. The minimum atomic E-state index is -0.809. The standard InChI is InChI=1S/C38H47N5O2/c1-43-23-21-38(22-24-43,37(45)41-31-17-9-4-10-18-31)42-35(25-30-26-39-34-20-12-11-19-32(30)34)36(44)40-27-33(28-13-5-2-6-14-28)29-15-7-3-8-16-29/h2-3,5-8,11-16,19-20,26,31,33,35,39,42H,4,9-10,17-18,21-25,27H2,1H3,(H,40,44)(H,41,45)/t35-/m0/s1. The molecule has 1 atom stereocenters. The van der Waals surface area contributed by atoms with Crippen molar-refractivity contribution in [2.75, 3.05) is 26.7 Å². The van der Waals surface area contributed by atoms with E-state index in [1.54, 1.807) is 0 Å². The van der Waals surface area contributed by atoms with E-state index < -0.39 is 11.6 Å². The van der Waals surface area contributed by atoms with Crippen molar-refractivity contribution in [3.05, 3.63) is 108 Å². The molecule has 7 nitrogen and oxygen atoms in total. The number of carbonyl (C=O) groups excluding carboxylic acids is 2. The fraction of sp³-hybridized carbons (Fsp3) is 0.421. The van der Waals surface area contributed by atoms with Gasteiger partial charge < -0.3 is 20.5 Å². The molecular formula is C38H47N5O2. The molecule has 0 bridgehead atoms. The molecule has 2 heterocycles. The fourth-order valence-electron chi connectivity index (χ4n) is 7.20. The van der Waals surface area contributed by atoms with Gasteiger partial charge in [-0.2, -0.15) is 0 Å². The largest absolute Gasteiger partial charge is 0.361 e. The Morgan fingerprint density at radius 3 is 2.16 bits per heavy atom. The van der Waals surface area contributed by atoms with E-state index in [-0.39, 0.29) is 23.8 Å². The van der Waals surface area contributed by atoms with Crippen LogP contribution in [0.15, 0.2) is 91.1 Å². The van der Waals surface area contributed by atoms with Crippen LogP contribution in [0, 0.1) is 0 Å². The van der Waals surface area contributed by atoms with Crippen LogP contribution in [-0.2, 0) is 16.0 Å². The minimum absolute atomic E-state index is 0.0111. The van der Waals surface area contributed by atoms with Crippen molar-refractivity contribution in [3.8, 4) is 0 Å². The predicted octanol–water partition coefficient (Wildman–Crippen LogP) is 5.53. The highest BCUT2D eigenvalue weighted by Crippen LogP contribution is 2.28. The molecule has 236 valence electrons. The van der Waals surface area contributed by atoms with Crippen LogP contribution in [0.25, 0.3) is 10.9 Å². The summed E-state index contributed by atoms with van der Waals surface area (Å²) in [4.78, 5) is 34.2. The summed E-state index contributed by atoms with van der Waals surface area (Å²) in [6.45, 7) is 2.07. The van der Waals surface area contributed by atoms with Crippen LogP contribution in [-0.4, -0.2) is 66.0 Å². The van der Waals surface area contributed by atoms with E-state index in [2.05, 4.69) is 69.3 Å². The molecule has 6 rings (SSSR count). The number of hydrogen-bond acceptors (Lipinski definition) is 4. The summed E-state index contributed by atoms with van der Waals surface area (Å²) in [5.74, 6) is -0.0245. The number of rotatable bonds is 11. The van der Waals surface area contributed by atoms with E-state index in [1.165, 1.54) is 6.42 Å². The zero-order chi connectivity index (χ0) is 31.1. The maximum Gasteiger partial charge on any atom is 0.240 e. The predicted molar refractivity (Wildman–Crippen MR) is 181 cm³/mol. The van der Waals surface area contributed by atoms with Gasteiger partial charge in [-0.1, -0.05) is 98.1 Å². The first-order chi connectivity index (χ1) is 22.0. The van der Waals surface area contributed by atoms with Crippen molar-refractivity contribution in [1.29, 1.82) is 0 Å². The fourth-order valence-corrected chi connectivity index (χ4v) is 7.20. The lowest BCUT2D eigenvalue weighted by Crippen LogP contribution is -2.67. The lowest BCUT2D eigenvalue weighted by atomic mass is 9.84. The molecule has 7 heteroatoms. The number of fused-ring (bicyclic) bond motifs is 1. The van der Waals surface area contributed by atoms with E-state index in [0.29, 0.717) is 25.8 Å². The number of benzene rings is 3. The zero-order valence-electron chi connectivity index (χ0n) is 26.4. The summed E-state index contributed by atoms with van der Waals surface area (Å²) in [6, 6.07) is 28.5. The van der Waals surface area contributed by atoms with Gasteiger partial charge in [0.1, 0.15) is 5.54 Å². The Bertz CT molecular complexity index is 1500. The van der Waals surface area contributed by atoms with E-state index in [9.17, 15) is 9.59 Å². The molecule has 4 aromatic rings. The lowest BCUT2D eigenvalue weighted by molar-refractivity contribution is -0.132. The van der Waals surface area contributed by atoms with Crippen LogP contribution in [0.1, 0.15) is 67.6 Å². The van der Waals surface area contributed by atoms with Gasteiger partial charge in [0, 0.05) is 48.7 Å². The molecule has 2 aliphatic rings. The molecule has 4 N–H and O–H groups in total. The summed E-state index contributed by atoms with van der Waals surface area (Å²) in [6.07, 6.45) is 9.42. The second-order valence-corrected chi connectivity index (χ2v) is 13.1. The summed E-state index contributed by atoms with van der Waals surface area (Å²) >= 11 is 0. The van der Waals surface area contributed by atoms with Crippen LogP contribution in [0.2, 0.25) is 0 Å². The number of H-pyrrole nitrogens is 1. The average molecular weight is 606 g/mol. The first kappa shape index (κ1) is 31.1. The number of nitrogens with zero attached hydrogens (tertiary/aromatic N) is 1. The monoisotopic (exact) mass is 605 g/mol. The Morgan fingerprint density at radius 1 is 0.867 bits per heavy atom. The highest BCUT2D eigenvalue weighted by Gasteiger charge is 2.44. The highest BCUT2D eigenvalue weighted by atomic mass is 16.2. The third kappa shape index (κ3) is 7.48. The maximum absolute atomic E-state index is 14.3. The Hall–Kier alpha value is -3.94. The van der Waals surface area contributed by atoms with Gasteiger partial charge in [-0.3, -0.25) is 14.9 Å². The van der Waals surface area contributed by atoms with Gasteiger partial charge in [0.2, 0.25) is 11.8 Å². The van der Waals surface area contributed by atoms with Crippen molar-refractivity contribution < 1.29 is 9.59 Å². The second kappa shape index (κ2) is 14.4. The minimum Gasteiger partial charge on any atom is -0.361 e. The number of piperidine rings is 1.